The van der Waals surface area contributed by atoms with Crippen molar-refractivity contribution in [1.29, 1.82) is 0 Å². The topological polar surface area (TPSA) is 122 Å². The van der Waals surface area contributed by atoms with Crippen molar-refractivity contribution in [3.63, 3.8) is 0 Å². The molecule has 210 valence electrons. The van der Waals surface area contributed by atoms with E-state index in [4.69, 9.17) is 23.2 Å². The first-order valence-electron chi connectivity index (χ1n) is 12.0. The number of unbranched alkanes of at least 4 members (excludes halogenated alkanes) is 2. The normalized spacial score (nSPS) is 14.8. The number of fused-ring (bicyclic) bond motifs is 2. The molecule has 0 bridgehead atoms. The molecule has 0 fully saturated rings. The molecule has 0 N–H and O–H groups in total. The van der Waals surface area contributed by atoms with Crippen molar-refractivity contribution in [2.75, 3.05) is 23.0 Å². The van der Waals surface area contributed by atoms with Gasteiger partial charge in [0.2, 0.25) is 5.52 Å². The van der Waals surface area contributed by atoms with Gasteiger partial charge in [-0.25, -0.2) is 16.8 Å². The average Bonchev–Trinajstić information content (AvgIpc) is 3.35. The van der Waals surface area contributed by atoms with E-state index >= 15 is 0 Å². The number of rotatable bonds is 12. The van der Waals surface area contributed by atoms with Gasteiger partial charge < -0.3 is 14.0 Å². The first-order chi connectivity index (χ1) is 18.4. The molecule has 0 saturated carbocycles. The average molecular weight is 688 g/mol. The zero-order valence-corrected chi connectivity index (χ0v) is 29.5. The third kappa shape index (κ3) is 10.0. The molecule has 0 aliphatic carbocycles. The number of aromatic nitrogens is 1. The molecule has 3 aromatic rings. The molecule has 1 aromatic heterocycles. The third-order valence-electron chi connectivity index (χ3n) is 5.91. The summed E-state index contributed by atoms with van der Waals surface area (Å²) in [5.74, 6) is -0.794. The van der Waals surface area contributed by atoms with Crippen LogP contribution in [-0.4, -0.2) is 44.0 Å². The van der Waals surface area contributed by atoms with Gasteiger partial charge in [0.1, 0.15) is 4.70 Å². The quantitative estimate of drug-likeness (QED) is 0.123. The Morgan fingerprint density at radius 1 is 0.900 bits per heavy atom. The maximum atomic E-state index is 11.0. The summed E-state index contributed by atoms with van der Waals surface area (Å²) < 4.78 is 69.0. The van der Waals surface area contributed by atoms with Crippen molar-refractivity contribution in [1.82, 2.24) is 0 Å². The Hall–Kier alpha value is -0.00364. The molecule has 1 aliphatic rings. The van der Waals surface area contributed by atoms with Gasteiger partial charge in [0.25, 0.3) is 5.01 Å². The van der Waals surface area contributed by atoms with E-state index in [-0.39, 0.29) is 64.2 Å². The van der Waals surface area contributed by atoms with E-state index in [1.54, 1.807) is 23.1 Å². The van der Waals surface area contributed by atoms with Crippen LogP contribution in [0.15, 0.2) is 58.5 Å². The summed E-state index contributed by atoms with van der Waals surface area (Å²) in [4.78, 5) is 3.09. The minimum Gasteiger partial charge on any atom is -0.748 e. The maximum absolute atomic E-state index is 11.0. The summed E-state index contributed by atoms with van der Waals surface area (Å²) in [6.07, 6.45) is 7.43. The van der Waals surface area contributed by atoms with Gasteiger partial charge in [-0.1, -0.05) is 52.4 Å². The second kappa shape index (κ2) is 15.1. The number of hydrogen-bond donors (Lipinski definition) is 0. The van der Waals surface area contributed by atoms with Gasteiger partial charge in [0.15, 0.2) is 6.54 Å². The van der Waals surface area contributed by atoms with E-state index in [9.17, 15) is 25.9 Å². The van der Waals surface area contributed by atoms with Gasteiger partial charge in [0, 0.05) is 51.6 Å². The number of allylic oxidation sites excluding steroid dienone is 2. The van der Waals surface area contributed by atoms with Gasteiger partial charge in [-0.2, -0.15) is 4.57 Å². The standard InChI is InChI=1S/C25H26Cl2N2O6S4.K/c26-18-8-10-22-20(16-18)28(12-1-3-14-38(30,31)32)24(36-22)6-5-7-25-29(13-2-4-15-39(33,34)35)21-17-19(27)9-11-23(21)37-25;/h5-11,16-17H,1-4,12-15H2,(H-,30,31,32,33,34,35);/q;+1/p-1. The Balaban J connectivity index is 0.00000441. The summed E-state index contributed by atoms with van der Waals surface area (Å²) in [6.45, 7) is 1.05. The van der Waals surface area contributed by atoms with Crippen LogP contribution in [0.1, 0.15) is 30.7 Å². The molecular weight excluding hydrogens is 663 g/mol. The van der Waals surface area contributed by atoms with Gasteiger partial charge in [-0.15, -0.1) is 0 Å². The molecule has 0 saturated heterocycles. The number of halogens is 2. The fourth-order valence-electron chi connectivity index (χ4n) is 4.17. The van der Waals surface area contributed by atoms with Gasteiger partial charge in [0.05, 0.1) is 31.0 Å². The molecule has 0 amide bonds. The number of nitrogens with zero attached hydrogens (tertiary/aromatic N) is 2. The molecule has 15 heteroatoms. The molecule has 0 radical (unpaired) electrons. The molecule has 2 heterocycles. The molecule has 2 aromatic carbocycles. The van der Waals surface area contributed by atoms with Gasteiger partial charge in [-0.05, 0) is 55.7 Å². The molecule has 0 unspecified atom stereocenters. The van der Waals surface area contributed by atoms with Crippen LogP contribution >= 0.6 is 46.3 Å². The third-order valence-corrected chi connectivity index (χ3v) is 10.2. The SMILES string of the molecule is O=S(=O)([O-])CCCCN1C(=CC=Cc2sc3ccc(Cl)cc3[n+]2CCCCS(=O)(=O)[O-])Sc2ccc(Cl)cc21.[K+]. The first-order valence-corrected chi connectivity index (χ1v) is 17.6. The minimum atomic E-state index is -4.25. The smallest absolute Gasteiger partial charge is 0.748 e. The Bertz CT molecular complexity index is 1640. The monoisotopic (exact) mass is 686 g/mol. The number of thiazole rings is 1. The molecule has 1 aliphatic heterocycles. The van der Waals surface area contributed by atoms with Crippen LogP contribution in [0.25, 0.3) is 16.3 Å². The van der Waals surface area contributed by atoms with Crippen LogP contribution in [0.4, 0.5) is 5.69 Å². The second-order valence-electron chi connectivity index (χ2n) is 8.87. The Morgan fingerprint density at radius 3 is 2.25 bits per heavy atom. The van der Waals surface area contributed by atoms with Crippen LogP contribution in [0.2, 0.25) is 10.0 Å². The fourth-order valence-corrected chi connectivity index (χ4v) is 7.78. The Morgan fingerprint density at radius 2 is 1.55 bits per heavy atom. The minimum absolute atomic E-state index is 0. The molecule has 0 atom stereocenters. The van der Waals surface area contributed by atoms with Crippen molar-refractivity contribution in [2.24, 2.45) is 0 Å². The summed E-state index contributed by atoms with van der Waals surface area (Å²) in [6, 6.07) is 11.2. The summed E-state index contributed by atoms with van der Waals surface area (Å²) >= 11 is 15.6. The van der Waals surface area contributed by atoms with Gasteiger partial charge in [-0.3, -0.25) is 0 Å². The Labute approximate surface area is 295 Å². The predicted molar refractivity (Wildman–Crippen MR) is 156 cm³/mol. The van der Waals surface area contributed by atoms with E-state index in [0.29, 0.717) is 36.0 Å². The van der Waals surface area contributed by atoms with E-state index < -0.39 is 31.7 Å². The van der Waals surface area contributed by atoms with Crippen molar-refractivity contribution < 1.29 is 81.9 Å². The number of thioether (sulfide) groups is 1. The fraction of sp³-hybridized carbons (Fsp3) is 0.320. The zero-order valence-electron chi connectivity index (χ0n) is 21.6. The number of benzene rings is 2. The van der Waals surface area contributed by atoms with E-state index in [1.165, 1.54) is 0 Å². The van der Waals surface area contributed by atoms with Crippen LogP contribution in [-0.2, 0) is 26.8 Å². The van der Waals surface area contributed by atoms with Crippen LogP contribution in [0.5, 0.6) is 0 Å². The van der Waals surface area contributed by atoms with Crippen LogP contribution < -0.4 is 60.9 Å². The predicted octanol–water partition coefficient (Wildman–Crippen LogP) is 2.62. The van der Waals surface area contributed by atoms with E-state index in [0.717, 1.165) is 30.8 Å². The molecule has 4 rings (SSSR count). The van der Waals surface area contributed by atoms with E-state index in [2.05, 4.69) is 9.47 Å². The van der Waals surface area contributed by atoms with Crippen molar-refractivity contribution >= 4 is 88.5 Å². The number of hydrogen-bond acceptors (Lipinski definition) is 9. The Kier molecular flexibility index (Phi) is 13.0. The largest absolute Gasteiger partial charge is 1.00 e. The zero-order chi connectivity index (χ0) is 28.2. The molecule has 0 spiro atoms. The summed E-state index contributed by atoms with van der Waals surface area (Å²) in [5, 5.41) is 3.05. The number of anilines is 1. The van der Waals surface area contributed by atoms with Crippen molar-refractivity contribution in [2.45, 2.75) is 37.1 Å². The maximum Gasteiger partial charge on any atom is 1.00 e. The van der Waals surface area contributed by atoms with Gasteiger partial charge >= 0.3 is 51.4 Å². The summed E-state index contributed by atoms with van der Waals surface area (Å²) in [7, 11) is -8.51. The second-order valence-corrected chi connectivity index (χ2v) is 14.9. The van der Waals surface area contributed by atoms with Crippen LogP contribution in [0, 0.1) is 0 Å². The van der Waals surface area contributed by atoms with Crippen molar-refractivity contribution in [3.8, 4) is 0 Å². The van der Waals surface area contributed by atoms with E-state index in [1.807, 2.05) is 54.6 Å². The molecular formula is C25H25Cl2KN2O6S4. The molecule has 40 heavy (non-hydrogen) atoms. The number of aryl methyl sites for hydroxylation is 1. The summed E-state index contributed by atoms with van der Waals surface area (Å²) in [5.41, 5.74) is 1.86. The van der Waals surface area contributed by atoms with Crippen molar-refractivity contribution in [3.05, 3.63) is 68.6 Å². The van der Waals surface area contributed by atoms with Crippen LogP contribution in [0.3, 0.4) is 0 Å². The molecule has 8 nitrogen and oxygen atoms in total. The first kappa shape index (κ1) is 34.5.